The third-order valence-electron chi connectivity index (χ3n) is 5.17. The van der Waals surface area contributed by atoms with Crippen molar-refractivity contribution in [3.63, 3.8) is 0 Å². The topological polar surface area (TPSA) is 102 Å². The van der Waals surface area contributed by atoms with E-state index in [1.807, 2.05) is 81.4 Å². The monoisotopic (exact) mass is 478 g/mol. The lowest BCUT2D eigenvalue weighted by molar-refractivity contribution is -0.147. The van der Waals surface area contributed by atoms with E-state index in [2.05, 4.69) is 15.7 Å². The number of benzene rings is 2. The van der Waals surface area contributed by atoms with Crippen LogP contribution in [0, 0.1) is 0 Å². The van der Waals surface area contributed by atoms with E-state index in [9.17, 15) is 14.4 Å². The van der Waals surface area contributed by atoms with Crippen LogP contribution >= 0.6 is 11.8 Å². The third kappa shape index (κ3) is 5.48. The molecule has 2 N–H and O–H groups in total. The molecule has 0 bridgehead atoms. The van der Waals surface area contributed by atoms with E-state index in [4.69, 9.17) is 4.74 Å². The molecule has 2 heterocycles. The maximum Gasteiger partial charge on any atom is 0.307 e. The van der Waals surface area contributed by atoms with Crippen molar-refractivity contribution < 1.29 is 19.1 Å². The summed E-state index contributed by atoms with van der Waals surface area (Å²) >= 11 is 1.31. The highest BCUT2D eigenvalue weighted by Crippen LogP contribution is 2.36. The number of hydrogen-bond donors (Lipinski definition) is 2. The fraction of sp³-hybridized carbons (Fsp3) is 0.280. The Balaban J connectivity index is 1.37. The van der Waals surface area contributed by atoms with Crippen molar-refractivity contribution in [2.75, 3.05) is 17.2 Å². The van der Waals surface area contributed by atoms with Crippen molar-refractivity contribution in [3.05, 3.63) is 66.4 Å². The van der Waals surface area contributed by atoms with E-state index in [0.29, 0.717) is 5.82 Å². The summed E-state index contributed by atoms with van der Waals surface area (Å²) in [6.07, 6.45) is -0.131. The maximum atomic E-state index is 12.6. The Hall–Kier alpha value is -3.59. The van der Waals surface area contributed by atoms with Gasteiger partial charge in [-0.25, -0.2) is 4.68 Å². The first-order valence-corrected chi connectivity index (χ1v) is 11.8. The van der Waals surface area contributed by atoms with Crippen molar-refractivity contribution in [3.8, 4) is 5.69 Å². The quantitative estimate of drug-likeness (QED) is 0.516. The van der Waals surface area contributed by atoms with Gasteiger partial charge in [0, 0.05) is 16.4 Å². The number of thioether (sulfide) groups is 1. The predicted molar refractivity (Wildman–Crippen MR) is 131 cm³/mol. The molecule has 2 amide bonds. The van der Waals surface area contributed by atoms with Crippen molar-refractivity contribution in [1.82, 2.24) is 9.78 Å². The van der Waals surface area contributed by atoms with Crippen LogP contribution in [0.4, 0.5) is 11.5 Å². The minimum absolute atomic E-state index is 0.131. The molecule has 0 spiro atoms. The molecule has 0 aliphatic carbocycles. The minimum Gasteiger partial charge on any atom is -0.456 e. The number of nitrogens with one attached hydrogen (secondary N) is 2. The molecule has 0 saturated heterocycles. The zero-order valence-electron chi connectivity index (χ0n) is 19.2. The Morgan fingerprint density at radius 2 is 1.82 bits per heavy atom. The minimum atomic E-state index is -0.617. The number of esters is 1. The number of nitrogens with zero attached hydrogens (tertiary/aromatic N) is 2. The second kappa shape index (κ2) is 9.72. The zero-order chi connectivity index (χ0) is 24.3. The van der Waals surface area contributed by atoms with Crippen LogP contribution in [0.2, 0.25) is 0 Å². The number of ether oxygens (including phenoxy) is 1. The molecular formula is C25H26N4O4S. The second-order valence-electron chi connectivity index (χ2n) is 8.92. The smallest absolute Gasteiger partial charge is 0.307 e. The molecule has 0 unspecified atom stereocenters. The van der Waals surface area contributed by atoms with Gasteiger partial charge in [-0.05, 0) is 24.3 Å². The van der Waals surface area contributed by atoms with Gasteiger partial charge in [0.1, 0.15) is 5.82 Å². The highest BCUT2D eigenvalue weighted by Gasteiger charge is 2.29. The molecule has 2 aromatic carbocycles. The van der Waals surface area contributed by atoms with Gasteiger partial charge in [0.05, 0.1) is 28.7 Å². The van der Waals surface area contributed by atoms with Gasteiger partial charge < -0.3 is 15.4 Å². The molecule has 176 valence electrons. The summed E-state index contributed by atoms with van der Waals surface area (Å²) in [5.41, 5.74) is 2.12. The Kier molecular flexibility index (Phi) is 6.74. The summed E-state index contributed by atoms with van der Waals surface area (Å²) in [6, 6.07) is 18.7. The van der Waals surface area contributed by atoms with Gasteiger partial charge in [0.25, 0.3) is 5.91 Å². The van der Waals surface area contributed by atoms with E-state index >= 15 is 0 Å². The van der Waals surface area contributed by atoms with Gasteiger partial charge >= 0.3 is 5.97 Å². The van der Waals surface area contributed by atoms with Crippen LogP contribution in [-0.2, 0) is 24.5 Å². The third-order valence-corrected chi connectivity index (χ3v) is 6.44. The van der Waals surface area contributed by atoms with Crippen molar-refractivity contribution in [1.29, 1.82) is 0 Å². The lowest BCUT2D eigenvalue weighted by Crippen LogP contribution is -2.32. The lowest BCUT2D eigenvalue weighted by atomic mass is 9.92. The largest absolute Gasteiger partial charge is 0.456 e. The number of anilines is 2. The molecule has 8 nitrogen and oxygen atoms in total. The van der Waals surface area contributed by atoms with Crippen LogP contribution < -0.4 is 10.6 Å². The fourth-order valence-corrected chi connectivity index (χ4v) is 4.46. The van der Waals surface area contributed by atoms with Gasteiger partial charge in [-0.3, -0.25) is 14.4 Å². The summed E-state index contributed by atoms with van der Waals surface area (Å²) < 4.78 is 6.81. The average molecular weight is 479 g/mol. The molecule has 0 radical (unpaired) electrons. The Bertz CT molecular complexity index is 1220. The molecule has 1 aromatic heterocycles. The summed E-state index contributed by atoms with van der Waals surface area (Å²) in [5.74, 6) is -0.881. The van der Waals surface area contributed by atoms with Crippen LogP contribution in [0.3, 0.4) is 0 Å². The molecule has 4 rings (SSSR count). The molecule has 1 aliphatic rings. The molecule has 34 heavy (non-hydrogen) atoms. The van der Waals surface area contributed by atoms with Crippen molar-refractivity contribution in [2.24, 2.45) is 0 Å². The summed E-state index contributed by atoms with van der Waals surface area (Å²) in [7, 11) is 0. The van der Waals surface area contributed by atoms with Crippen LogP contribution in [0.25, 0.3) is 5.69 Å². The normalized spacial score (nSPS) is 15.3. The lowest BCUT2D eigenvalue weighted by Gasteiger charge is -2.23. The number of para-hydroxylation sites is 2. The molecule has 3 aromatic rings. The molecule has 1 atom stereocenters. The summed E-state index contributed by atoms with van der Waals surface area (Å²) in [4.78, 5) is 38.1. The van der Waals surface area contributed by atoms with Gasteiger partial charge in [0.15, 0.2) is 6.61 Å². The van der Waals surface area contributed by atoms with Crippen LogP contribution in [-0.4, -0.2) is 39.4 Å². The Morgan fingerprint density at radius 3 is 2.56 bits per heavy atom. The standard InChI is InChI=1S/C25H26N4O4S/c1-25(2,3)20-14-21(29(28-20)16-9-5-4-6-10-16)27-22(30)15-33-23(31)13-19-24(32)26-17-11-7-8-12-18(17)34-19/h4-12,14,19H,13,15H2,1-3H3,(H,26,32)(H,27,30)/t19-/m0/s1. The number of amides is 2. The average Bonchev–Trinajstić information content (AvgIpc) is 3.23. The number of carbonyl (C=O) groups is 3. The first kappa shape index (κ1) is 23.6. The van der Waals surface area contributed by atoms with E-state index < -0.39 is 23.7 Å². The predicted octanol–water partition coefficient (Wildman–Crippen LogP) is 4.15. The van der Waals surface area contributed by atoms with Crippen molar-refractivity contribution >= 4 is 41.1 Å². The number of aromatic nitrogens is 2. The van der Waals surface area contributed by atoms with Crippen molar-refractivity contribution in [2.45, 2.75) is 42.8 Å². The Labute approximate surface area is 202 Å². The first-order valence-electron chi connectivity index (χ1n) is 10.9. The van der Waals surface area contributed by atoms with Gasteiger partial charge in [-0.2, -0.15) is 5.10 Å². The second-order valence-corrected chi connectivity index (χ2v) is 10.2. The molecule has 9 heteroatoms. The van der Waals surface area contributed by atoms with Crippen LogP contribution in [0.1, 0.15) is 32.9 Å². The number of hydrogen-bond acceptors (Lipinski definition) is 6. The summed E-state index contributed by atoms with van der Waals surface area (Å²) in [5, 5.41) is 9.61. The SMILES string of the molecule is CC(C)(C)c1cc(NC(=O)COC(=O)C[C@@H]2Sc3ccccc3NC2=O)n(-c2ccccc2)n1. The molecule has 0 saturated carbocycles. The first-order chi connectivity index (χ1) is 16.2. The fourth-order valence-electron chi connectivity index (χ4n) is 3.36. The van der Waals surface area contributed by atoms with E-state index in [1.54, 1.807) is 4.68 Å². The maximum absolute atomic E-state index is 12.6. The molecule has 1 aliphatic heterocycles. The van der Waals surface area contributed by atoms with E-state index in [0.717, 1.165) is 22.0 Å². The number of fused-ring (bicyclic) bond motifs is 1. The van der Waals surface area contributed by atoms with Gasteiger partial charge in [-0.1, -0.05) is 51.1 Å². The molecule has 0 fully saturated rings. The Morgan fingerprint density at radius 1 is 1.12 bits per heavy atom. The van der Waals surface area contributed by atoms with E-state index in [1.165, 1.54) is 11.8 Å². The van der Waals surface area contributed by atoms with E-state index in [-0.39, 0.29) is 17.7 Å². The van der Waals surface area contributed by atoms with Gasteiger partial charge in [-0.15, -0.1) is 11.8 Å². The number of rotatable bonds is 6. The highest BCUT2D eigenvalue weighted by molar-refractivity contribution is 8.01. The molecular weight excluding hydrogens is 452 g/mol. The van der Waals surface area contributed by atoms with Gasteiger partial charge in [0.2, 0.25) is 5.91 Å². The highest BCUT2D eigenvalue weighted by atomic mass is 32.2. The number of carbonyl (C=O) groups excluding carboxylic acids is 3. The zero-order valence-corrected chi connectivity index (χ0v) is 20.0. The summed E-state index contributed by atoms with van der Waals surface area (Å²) in [6.45, 7) is 5.65. The van der Waals surface area contributed by atoms with Crippen LogP contribution in [0.5, 0.6) is 0 Å². The van der Waals surface area contributed by atoms with Crippen LogP contribution in [0.15, 0.2) is 65.6 Å².